The first-order valence-electron chi connectivity index (χ1n) is 9.95. The van der Waals surface area contributed by atoms with Crippen molar-refractivity contribution in [2.75, 3.05) is 26.2 Å². The van der Waals surface area contributed by atoms with E-state index in [-0.39, 0.29) is 55.8 Å². The molecule has 0 spiro atoms. The van der Waals surface area contributed by atoms with E-state index in [1.165, 1.54) is 17.0 Å². The Labute approximate surface area is 194 Å². The van der Waals surface area contributed by atoms with Gasteiger partial charge >= 0.3 is 0 Å². The fourth-order valence-electron chi connectivity index (χ4n) is 3.28. The van der Waals surface area contributed by atoms with Gasteiger partial charge in [0.2, 0.25) is 5.91 Å². The fourth-order valence-corrected chi connectivity index (χ4v) is 3.53. The van der Waals surface area contributed by atoms with Crippen LogP contribution in [0.4, 0.5) is 4.39 Å². The molecule has 1 aliphatic rings. The van der Waals surface area contributed by atoms with Crippen LogP contribution in [-0.4, -0.2) is 59.3 Å². The van der Waals surface area contributed by atoms with Crippen LogP contribution in [0, 0.1) is 5.82 Å². The molecule has 1 heterocycles. The van der Waals surface area contributed by atoms with Gasteiger partial charge in [0, 0.05) is 17.6 Å². The van der Waals surface area contributed by atoms with Gasteiger partial charge in [-0.2, -0.15) is 0 Å². The quantitative estimate of drug-likeness (QED) is 0.507. The third-order valence-electron chi connectivity index (χ3n) is 5.11. The number of β-amino-alcohol motifs (C(OH)–C–C–N with tert-alkyl or cyclic N) is 1. The number of aliphatic hydroxyl groups is 2. The lowest BCUT2D eigenvalue weighted by molar-refractivity contribution is -0.159. The van der Waals surface area contributed by atoms with Crippen LogP contribution in [0.3, 0.4) is 0 Å². The van der Waals surface area contributed by atoms with Crippen LogP contribution in [0.25, 0.3) is 0 Å². The summed E-state index contributed by atoms with van der Waals surface area (Å²) in [5.41, 5.74) is -0.440. The summed E-state index contributed by atoms with van der Waals surface area (Å²) >= 11 is 11.4. The number of benzene rings is 2. The Morgan fingerprint density at radius 1 is 1.19 bits per heavy atom. The lowest BCUT2D eigenvalue weighted by Crippen LogP contribution is -2.61. The van der Waals surface area contributed by atoms with E-state index in [9.17, 15) is 24.2 Å². The van der Waals surface area contributed by atoms with E-state index in [1.807, 2.05) is 0 Å². The summed E-state index contributed by atoms with van der Waals surface area (Å²) in [4.78, 5) is 25.6. The zero-order valence-electron chi connectivity index (χ0n) is 17.1. The number of hydrogen-bond acceptors (Lipinski definition) is 5. The van der Waals surface area contributed by atoms with Gasteiger partial charge in [-0.1, -0.05) is 35.3 Å². The Balaban J connectivity index is 1.33. The van der Waals surface area contributed by atoms with Gasteiger partial charge < -0.3 is 25.2 Å². The van der Waals surface area contributed by atoms with E-state index in [2.05, 4.69) is 5.32 Å². The number of nitrogens with one attached hydrogen (secondary N) is 1. The third kappa shape index (κ3) is 6.32. The van der Waals surface area contributed by atoms with Crippen molar-refractivity contribution in [2.24, 2.45) is 0 Å². The van der Waals surface area contributed by atoms with Crippen LogP contribution < -0.4 is 10.1 Å². The lowest BCUT2D eigenvalue weighted by Gasteiger charge is -2.47. The number of aliphatic hydroxyl groups excluding tert-OH is 1. The van der Waals surface area contributed by atoms with E-state index < -0.39 is 23.4 Å². The highest BCUT2D eigenvalue weighted by molar-refractivity contribution is 6.30. The molecule has 7 nitrogen and oxygen atoms in total. The van der Waals surface area contributed by atoms with Gasteiger partial charge in [0.05, 0.1) is 30.6 Å². The maximum Gasteiger partial charge on any atom is 0.257 e. The van der Waals surface area contributed by atoms with Crippen LogP contribution in [-0.2, 0) is 15.2 Å². The van der Waals surface area contributed by atoms with Crippen molar-refractivity contribution in [3.63, 3.8) is 0 Å². The molecule has 3 N–H and O–H groups in total. The number of carbonyl (C=O) groups excluding carboxylic acids is 2. The topological polar surface area (TPSA) is 99.1 Å². The molecule has 0 bridgehead atoms. The Kier molecular flexibility index (Phi) is 7.95. The van der Waals surface area contributed by atoms with Crippen LogP contribution in [0.1, 0.15) is 18.4 Å². The van der Waals surface area contributed by atoms with Gasteiger partial charge in [-0.05, 0) is 36.2 Å². The molecule has 1 atom stereocenters. The van der Waals surface area contributed by atoms with Crippen molar-refractivity contribution >= 4 is 35.0 Å². The van der Waals surface area contributed by atoms with Crippen molar-refractivity contribution in [1.29, 1.82) is 0 Å². The molecule has 0 saturated carbocycles. The summed E-state index contributed by atoms with van der Waals surface area (Å²) in [5, 5.41) is 23.8. The van der Waals surface area contributed by atoms with Gasteiger partial charge in [-0.25, -0.2) is 4.39 Å². The average molecular weight is 485 g/mol. The summed E-state index contributed by atoms with van der Waals surface area (Å²) in [7, 11) is 0. The molecule has 1 fully saturated rings. The van der Waals surface area contributed by atoms with Gasteiger partial charge in [0.15, 0.2) is 6.61 Å². The van der Waals surface area contributed by atoms with Crippen LogP contribution in [0.2, 0.25) is 10.0 Å². The molecule has 2 aromatic carbocycles. The Hall–Kier alpha value is -2.39. The first-order valence-corrected chi connectivity index (χ1v) is 10.7. The number of hydrogen-bond donors (Lipinski definition) is 3. The second-order valence-electron chi connectivity index (χ2n) is 7.65. The van der Waals surface area contributed by atoms with Crippen molar-refractivity contribution < 1.29 is 28.9 Å². The Morgan fingerprint density at radius 2 is 1.88 bits per heavy atom. The van der Waals surface area contributed by atoms with Gasteiger partial charge in [0.25, 0.3) is 5.91 Å². The Bertz CT molecular complexity index is 967. The summed E-state index contributed by atoms with van der Waals surface area (Å²) in [5.74, 6) is -1.21. The first kappa shape index (κ1) is 24.3. The summed E-state index contributed by atoms with van der Waals surface area (Å²) < 4.78 is 18.5. The highest BCUT2D eigenvalue weighted by Gasteiger charge is 2.44. The standard InChI is InChI=1S/C22H23Cl2FN2O5/c23-15-3-1-14(2-4-15)22(31)12-27(13-22)21(30)9-16(28)7-8-26-20(29)11-32-17-5-6-18(24)19(25)10-17/h1-6,10,16,28,31H,7-9,11-13H2,(H,26,29)/t16-/m1/s1. The van der Waals surface area contributed by atoms with E-state index in [1.54, 1.807) is 24.3 Å². The second-order valence-corrected chi connectivity index (χ2v) is 8.49. The summed E-state index contributed by atoms with van der Waals surface area (Å²) in [6, 6.07) is 10.6. The van der Waals surface area contributed by atoms with Crippen molar-refractivity contribution in [1.82, 2.24) is 10.2 Å². The molecule has 1 saturated heterocycles. The minimum Gasteiger partial charge on any atom is -0.484 e. The largest absolute Gasteiger partial charge is 0.484 e. The van der Waals surface area contributed by atoms with Gasteiger partial charge in [-0.3, -0.25) is 9.59 Å². The molecule has 2 amide bonds. The number of amides is 2. The van der Waals surface area contributed by atoms with Crippen molar-refractivity contribution in [2.45, 2.75) is 24.5 Å². The molecular formula is C22H23Cl2FN2O5. The normalized spacial score (nSPS) is 15.6. The zero-order chi connectivity index (χ0) is 23.3. The smallest absolute Gasteiger partial charge is 0.257 e. The van der Waals surface area contributed by atoms with Crippen molar-refractivity contribution in [3.05, 3.63) is 63.9 Å². The maximum atomic E-state index is 13.3. The fraction of sp³-hybridized carbons (Fsp3) is 0.364. The van der Waals surface area contributed by atoms with Gasteiger partial charge in [0.1, 0.15) is 17.2 Å². The number of rotatable bonds is 9. The molecule has 0 aromatic heterocycles. The highest BCUT2D eigenvalue weighted by atomic mass is 35.5. The van der Waals surface area contributed by atoms with Crippen LogP contribution in [0.5, 0.6) is 5.75 Å². The minimum atomic E-state index is -1.12. The number of carbonyl (C=O) groups is 2. The minimum absolute atomic E-state index is 0.0433. The van der Waals surface area contributed by atoms with E-state index in [0.717, 1.165) is 6.07 Å². The highest BCUT2D eigenvalue weighted by Crippen LogP contribution is 2.33. The molecule has 172 valence electrons. The lowest BCUT2D eigenvalue weighted by atomic mass is 9.86. The molecule has 0 aliphatic carbocycles. The maximum absolute atomic E-state index is 13.3. The zero-order valence-corrected chi connectivity index (χ0v) is 18.6. The SMILES string of the molecule is O=C(COc1ccc(Cl)c(F)c1)NCC[C@@H](O)CC(=O)N1CC(O)(c2ccc(Cl)cc2)C1. The monoisotopic (exact) mass is 484 g/mol. The number of nitrogens with zero attached hydrogens (tertiary/aromatic N) is 1. The second kappa shape index (κ2) is 10.5. The third-order valence-corrected chi connectivity index (χ3v) is 5.67. The first-order chi connectivity index (χ1) is 15.2. The molecule has 0 unspecified atom stereocenters. The Morgan fingerprint density at radius 3 is 2.53 bits per heavy atom. The number of ether oxygens (including phenoxy) is 1. The molecule has 3 rings (SSSR count). The average Bonchev–Trinajstić information content (AvgIpc) is 2.72. The van der Waals surface area contributed by atoms with Crippen molar-refractivity contribution in [3.8, 4) is 5.75 Å². The van der Waals surface area contributed by atoms with E-state index >= 15 is 0 Å². The molecule has 1 aliphatic heterocycles. The van der Waals surface area contributed by atoms with Crippen LogP contribution >= 0.6 is 23.2 Å². The predicted octanol–water partition coefficient (Wildman–Crippen LogP) is 2.50. The summed E-state index contributed by atoms with van der Waals surface area (Å²) in [6.45, 7) is 0.0899. The number of halogens is 3. The van der Waals surface area contributed by atoms with E-state index in [4.69, 9.17) is 27.9 Å². The van der Waals surface area contributed by atoms with Gasteiger partial charge in [-0.15, -0.1) is 0 Å². The molecule has 2 aromatic rings. The van der Waals surface area contributed by atoms with E-state index in [0.29, 0.717) is 10.6 Å². The molecule has 10 heteroatoms. The molecule has 0 radical (unpaired) electrons. The predicted molar refractivity (Wildman–Crippen MR) is 117 cm³/mol. The van der Waals surface area contributed by atoms with Crippen LogP contribution in [0.15, 0.2) is 42.5 Å². The number of likely N-dealkylation sites (tertiary alicyclic amines) is 1. The summed E-state index contributed by atoms with van der Waals surface area (Å²) in [6.07, 6.45) is -0.895. The molecule has 32 heavy (non-hydrogen) atoms. The molecular weight excluding hydrogens is 462 g/mol.